The largest absolute Gasteiger partial charge is 0.507 e. The lowest BCUT2D eigenvalue weighted by molar-refractivity contribution is 0.471. The summed E-state index contributed by atoms with van der Waals surface area (Å²) in [4.78, 5) is 13.5. The zero-order chi connectivity index (χ0) is 10.8. The fraction of sp³-hybridized carbons (Fsp3) is 0. The van der Waals surface area contributed by atoms with E-state index in [4.69, 9.17) is 0 Å². The van der Waals surface area contributed by atoms with E-state index in [-0.39, 0.29) is 11.3 Å². The second kappa shape index (κ2) is 3.57. The lowest BCUT2D eigenvalue weighted by atomic mass is 10.1. The molecule has 1 aromatic carbocycles. The number of aromatic amines is 1. The van der Waals surface area contributed by atoms with Gasteiger partial charge in [0.25, 0.3) is 0 Å². The van der Waals surface area contributed by atoms with Crippen LogP contribution in [0.1, 0.15) is 0 Å². The molecule has 4 heteroatoms. The maximum absolute atomic E-state index is 12.7. The second-order valence-electron chi connectivity index (χ2n) is 3.10. The third kappa shape index (κ3) is 1.88. The van der Waals surface area contributed by atoms with Crippen LogP contribution in [0.15, 0.2) is 41.3 Å². The molecule has 0 unspecified atom stereocenters. The van der Waals surface area contributed by atoms with Gasteiger partial charge in [0.05, 0.1) is 0 Å². The van der Waals surface area contributed by atoms with Gasteiger partial charge in [0.1, 0.15) is 11.6 Å². The maximum Gasteiger partial charge on any atom is 0.248 e. The first-order chi connectivity index (χ1) is 7.16. The van der Waals surface area contributed by atoms with E-state index in [2.05, 4.69) is 4.98 Å². The van der Waals surface area contributed by atoms with Gasteiger partial charge in [-0.3, -0.25) is 4.79 Å². The number of benzene rings is 1. The Morgan fingerprint density at radius 3 is 2.67 bits per heavy atom. The molecule has 0 atom stereocenters. The van der Waals surface area contributed by atoms with Crippen LogP contribution >= 0.6 is 0 Å². The monoisotopic (exact) mass is 205 g/mol. The maximum atomic E-state index is 12.7. The molecule has 3 nitrogen and oxygen atoms in total. The minimum atomic E-state index is -0.513. The molecule has 2 N–H and O–H groups in total. The standard InChI is InChI=1S/C11H8FNO2/c12-8-1-2-9(10(14)6-8)7-3-4-13-11(15)5-7/h1-6,14H,(H,13,15). The van der Waals surface area contributed by atoms with Crippen molar-refractivity contribution < 1.29 is 9.50 Å². The number of hydrogen-bond donors (Lipinski definition) is 2. The number of phenols is 1. The fourth-order valence-electron chi connectivity index (χ4n) is 1.36. The molecule has 0 saturated carbocycles. The Morgan fingerprint density at radius 2 is 2.00 bits per heavy atom. The lowest BCUT2D eigenvalue weighted by Crippen LogP contribution is -2.02. The molecule has 76 valence electrons. The quantitative estimate of drug-likeness (QED) is 0.746. The molecular formula is C11H8FNO2. The van der Waals surface area contributed by atoms with E-state index < -0.39 is 5.82 Å². The normalized spacial score (nSPS) is 10.2. The third-order valence-corrected chi connectivity index (χ3v) is 2.05. The van der Waals surface area contributed by atoms with Crippen molar-refractivity contribution in [2.75, 3.05) is 0 Å². The molecule has 0 spiro atoms. The van der Waals surface area contributed by atoms with Crippen molar-refractivity contribution in [2.45, 2.75) is 0 Å². The number of aromatic hydroxyl groups is 1. The van der Waals surface area contributed by atoms with E-state index in [9.17, 15) is 14.3 Å². The van der Waals surface area contributed by atoms with Crippen LogP contribution in [0.3, 0.4) is 0 Å². The van der Waals surface area contributed by atoms with E-state index in [0.29, 0.717) is 11.1 Å². The highest BCUT2D eigenvalue weighted by Gasteiger charge is 2.05. The third-order valence-electron chi connectivity index (χ3n) is 2.05. The van der Waals surface area contributed by atoms with Crippen LogP contribution in [0.5, 0.6) is 5.75 Å². The van der Waals surface area contributed by atoms with Crippen molar-refractivity contribution in [3.63, 3.8) is 0 Å². The fourth-order valence-corrected chi connectivity index (χ4v) is 1.36. The predicted octanol–water partition coefficient (Wildman–Crippen LogP) is 1.89. The molecule has 15 heavy (non-hydrogen) atoms. The van der Waals surface area contributed by atoms with Crippen LogP contribution in [0.4, 0.5) is 4.39 Å². The van der Waals surface area contributed by atoms with Crippen LogP contribution in [0.25, 0.3) is 11.1 Å². The Labute approximate surface area is 84.8 Å². The van der Waals surface area contributed by atoms with Gasteiger partial charge >= 0.3 is 0 Å². The van der Waals surface area contributed by atoms with Crippen molar-refractivity contribution in [3.05, 3.63) is 52.7 Å². The van der Waals surface area contributed by atoms with Crippen LogP contribution < -0.4 is 5.56 Å². The number of aromatic nitrogens is 1. The van der Waals surface area contributed by atoms with Crippen LogP contribution in [0.2, 0.25) is 0 Å². The molecular weight excluding hydrogens is 197 g/mol. The molecule has 2 rings (SSSR count). The first-order valence-corrected chi connectivity index (χ1v) is 4.34. The molecule has 0 aliphatic heterocycles. The summed E-state index contributed by atoms with van der Waals surface area (Å²) in [7, 11) is 0. The molecule has 2 aromatic rings. The lowest BCUT2D eigenvalue weighted by Gasteiger charge is -2.03. The van der Waals surface area contributed by atoms with E-state index in [0.717, 1.165) is 6.07 Å². The van der Waals surface area contributed by atoms with Crippen molar-refractivity contribution in [3.8, 4) is 16.9 Å². The number of rotatable bonds is 1. The first kappa shape index (κ1) is 9.45. The first-order valence-electron chi connectivity index (χ1n) is 4.34. The van der Waals surface area contributed by atoms with Crippen molar-refractivity contribution in [2.24, 2.45) is 0 Å². The van der Waals surface area contributed by atoms with Gasteiger partial charge in [0, 0.05) is 23.9 Å². The predicted molar refractivity (Wildman–Crippen MR) is 54.1 cm³/mol. The summed E-state index contributed by atoms with van der Waals surface area (Å²) >= 11 is 0. The van der Waals surface area contributed by atoms with E-state index >= 15 is 0 Å². The number of halogens is 1. The number of H-pyrrole nitrogens is 1. The van der Waals surface area contributed by atoms with E-state index in [1.54, 1.807) is 6.07 Å². The van der Waals surface area contributed by atoms with Crippen molar-refractivity contribution in [1.29, 1.82) is 0 Å². The average molecular weight is 205 g/mol. The molecule has 0 fully saturated rings. The molecule has 0 aliphatic carbocycles. The zero-order valence-electron chi connectivity index (χ0n) is 7.70. The van der Waals surface area contributed by atoms with E-state index in [1.807, 2.05) is 0 Å². The van der Waals surface area contributed by atoms with Crippen molar-refractivity contribution in [1.82, 2.24) is 4.98 Å². The minimum Gasteiger partial charge on any atom is -0.507 e. The Morgan fingerprint density at radius 1 is 1.20 bits per heavy atom. The van der Waals surface area contributed by atoms with Gasteiger partial charge in [-0.15, -0.1) is 0 Å². The second-order valence-corrected chi connectivity index (χ2v) is 3.10. The van der Waals surface area contributed by atoms with Crippen LogP contribution in [-0.2, 0) is 0 Å². The molecule has 0 amide bonds. The Balaban J connectivity index is 2.59. The van der Waals surface area contributed by atoms with Gasteiger partial charge in [0.15, 0.2) is 0 Å². The zero-order valence-corrected chi connectivity index (χ0v) is 7.70. The van der Waals surface area contributed by atoms with Gasteiger partial charge in [0.2, 0.25) is 5.56 Å². The Hall–Kier alpha value is -2.10. The molecule has 1 aromatic heterocycles. The molecule has 0 radical (unpaired) electrons. The van der Waals surface area contributed by atoms with Gasteiger partial charge < -0.3 is 10.1 Å². The molecule has 0 aliphatic rings. The summed E-state index contributed by atoms with van der Waals surface area (Å²) in [5.41, 5.74) is 0.718. The van der Waals surface area contributed by atoms with E-state index in [1.165, 1.54) is 24.4 Å². The van der Waals surface area contributed by atoms with Crippen LogP contribution in [0, 0.1) is 5.82 Å². The van der Waals surface area contributed by atoms with Gasteiger partial charge in [-0.05, 0) is 23.8 Å². The number of pyridine rings is 1. The summed E-state index contributed by atoms with van der Waals surface area (Å²) < 4.78 is 12.7. The summed E-state index contributed by atoms with van der Waals surface area (Å²) in [6, 6.07) is 6.65. The summed E-state index contributed by atoms with van der Waals surface area (Å²) in [6.07, 6.45) is 1.47. The summed E-state index contributed by atoms with van der Waals surface area (Å²) in [5, 5.41) is 9.48. The Kier molecular flexibility index (Phi) is 2.25. The van der Waals surface area contributed by atoms with Gasteiger partial charge in [-0.25, -0.2) is 4.39 Å². The Bertz CT molecular complexity index is 548. The van der Waals surface area contributed by atoms with Crippen molar-refractivity contribution >= 4 is 0 Å². The molecule has 0 bridgehead atoms. The minimum absolute atomic E-state index is 0.180. The number of nitrogens with one attached hydrogen (secondary N) is 1. The summed E-state index contributed by atoms with van der Waals surface area (Å²) in [5.74, 6) is -0.693. The molecule has 0 saturated heterocycles. The molecule has 1 heterocycles. The number of hydrogen-bond acceptors (Lipinski definition) is 2. The highest BCUT2D eigenvalue weighted by atomic mass is 19.1. The highest BCUT2D eigenvalue weighted by Crippen LogP contribution is 2.28. The smallest absolute Gasteiger partial charge is 0.248 e. The highest BCUT2D eigenvalue weighted by molar-refractivity contribution is 5.69. The summed E-state index contributed by atoms with van der Waals surface area (Å²) in [6.45, 7) is 0. The van der Waals surface area contributed by atoms with Gasteiger partial charge in [-0.2, -0.15) is 0 Å². The van der Waals surface area contributed by atoms with Crippen LogP contribution in [-0.4, -0.2) is 10.1 Å². The topological polar surface area (TPSA) is 53.1 Å². The SMILES string of the molecule is O=c1cc(-c2ccc(F)cc2O)cc[nH]1. The number of phenolic OH excluding ortho intramolecular Hbond substituents is 1. The van der Waals surface area contributed by atoms with Gasteiger partial charge in [-0.1, -0.05) is 0 Å². The average Bonchev–Trinajstić information content (AvgIpc) is 2.17.